The summed E-state index contributed by atoms with van der Waals surface area (Å²) in [5.74, 6) is 1.62. The molecule has 1 saturated heterocycles. The molecule has 1 fully saturated rings. The van der Waals surface area contributed by atoms with Crippen LogP contribution in [-0.2, 0) is 11.3 Å². The summed E-state index contributed by atoms with van der Waals surface area (Å²) in [5.41, 5.74) is 0. The zero-order valence-corrected chi connectivity index (χ0v) is 12.6. The van der Waals surface area contributed by atoms with Crippen LogP contribution in [0.2, 0.25) is 0 Å². The molecule has 0 bridgehead atoms. The second-order valence-corrected chi connectivity index (χ2v) is 5.59. The van der Waals surface area contributed by atoms with E-state index in [1.165, 1.54) is 0 Å². The van der Waals surface area contributed by atoms with Crippen molar-refractivity contribution >= 4 is 0 Å². The Morgan fingerprint density at radius 3 is 3.10 bits per heavy atom. The summed E-state index contributed by atoms with van der Waals surface area (Å²) >= 11 is 0. The van der Waals surface area contributed by atoms with Crippen molar-refractivity contribution in [2.24, 2.45) is 0 Å². The van der Waals surface area contributed by atoms with Crippen molar-refractivity contribution in [1.82, 2.24) is 14.8 Å². The number of oxazole rings is 1. The second kappa shape index (κ2) is 7.17. The molecule has 6 nitrogen and oxygen atoms in total. The van der Waals surface area contributed by atoms with E-state index in [1.807, 2.05) is 6.92 Å². The number of aromatic nitrogens is 1. The molecule has 1 aromatic heterocycles. The van der Waals surface area contributed by atoms with Crippen LogP contribution in [0.3, 0.4) is 0 Å². The molecular formula is C14H25N3O3. The quantitative estimate of drug-likeness (QED) is 0.786. The first kappa shape index (κ1) is 15.4. The third-order valence-electron chi connectivity index (χ3n) is 3.75. The molecule has 0 radical (unpaired) electrons. The van der Waals surface area contributed by atoms with Gasteiger partial charge in [-0.3, -0.25) is 9.80 Å². The molecular weight excluding hydrogens is 258 g/mol. The topological polar surface area (TPSA) is 62.0 Å². The van der Waals surface area contributed by atoms with Gasteiger partial charge in [-0.05, 0) is 26.9 Å². The molecule has 0 spiro atoms. The summed E-state index contributed by atoms with van der Waals surface area (Å²) in [6.07, 6.45) is 2.46. The number of nitrogens with zero attached hydrogens (tertiary/aromatic N) is 3. The van der Waals surface area contributed by atoms with E-state index in [4.69, 9.17) is 9.15 Å². The van der Waals surface area contributed by atoms with Gasteiger partial charge in [0.1, 0.15) is 5.76 Å². The lowest BCUT2D eigenvalue weighted by Gasteiger charge is -2.24. The molecule has 2 rings (SSSR count). The van der Waals surface area contributed by atoms with Crippen molar-refractivity contribution in [3.63, 3.8) is 0 Å². The first-order chi connectivity index (χ1) is 9.58. The number of likely N-dealkylation sites (N-methyl/N-ethyl adjacent to an activating group) is 1. The van der Waals surface area contributed by atoms with Gasteiger partial charge >= 0.3 is 0 Å². The Hall–Kier alpha value is -0.950. The van der Waals surface area contributed by atoms with Gasteiger partial charge in [0.05, 0.1) is 25.5 Å². The van der Waals surface area contributed by atoms with Crippen molar-refractivity contribution in [1.29, 1.82) is 0 Å². The van der Waals surface area contributed by atoms with Crippen LogP contribution in [0.1, 0.15) is 18.1 Å². The van der Waals surface area contributed by atoms with E-state index in [0.29, 0.717) is 19.2 Å². The van der Waals surface area contributed by atoms with E-state index in [2.05, 4.69) is 21.8 Å². The number of rotatable bonds is 7. The molecule has 114 valence electrons. The molecule has 1 N–H and O–H groups in total. The van der Waals surface area contributed by atoms with E-state index in [-0.39, 0.29) is 0 Å². The van der Waals surface area contributed by atoms with Gasteiger partial charge in [-0.25, -0.2) is 4.98 Å². The molecule has 0 unspecified atom stereocenters. The molecule has 1 aromatic rings. The molecule has 2 heterocycles. The largest absolute Gasteiger partial charge is 0.445 e. The van der Waals surface area contributed by atoms with Crippen LogP contribution >= 0.6 is 0 Å². The second-order valence-electron chi connectivity index (χ2n) is 5.59. The minimum absolute atomic E-state index is 0.395. The van der Waals surface area contributed by atoms with Gasteiger partial charge < -0.3 is 14.3 Å². The predicted molar refractivity (Wildman–Crippen MR) is 75.4 cm³/mol. The smallest absolute Gasteiger partial charge is 0.208 e. The van der Waals surface area contributed by atoms with Gasteiger partial charge in [0.15, 0.2) is 0 Å². The van der Waals surface area contributed by atoms with Gasteiger partial charge in [-0.1, -0.05) is 0 Å². The number of aryl methyl sites for hydroxylation is 1. The fourth-order valence-corrected chi connectivity index (χ4v) is 2.70. The zero-order valence-electron chi connectivity index (χ0n) is 12.6. The number of aliphatic hydroxyl groups excluding tert-OH is 1. The molecule has 20 heavy (non-hydrogen) atoms. The summed E-state index contributed by atoms with van der Waals surface area (Å²) in [6.45, 7) is 5.69. The monoisotopic (exact) mass is 283 g/mol. The maximum absolute atomic E-state index is 9.77. The van der Waals surface area contributed by atoms with Gasteiger partial charge in [0.25, 0.3) is 0 Å². The Morgan fingerprint density at radius 2 is 2.45 bits per heavy atom. The summed E-state index contributed by atoms with van der Waals surface area (Å²) in [5, 5.41) is 9.77. The van der Waals surface area contributed by atoms with Crippen LogP contribution < -0.4 is 0 Å². The lowest BCUT2D eigenvalue weighted by atomic mass is 10.2. The number of ether oxygens (including phenoxy) is 1. The first-order valence-corrected chi connectivity index (χ1v) is 7.09. The Labute approximate surface area is 120 Å². The maximum atomic E-state index is 9.77. The highest BCUT2D eigenvalue weighted by Crippen LogP contribution is 2.17. The SMILES string of the molecule is COC[C@@H](O)CN1CC[C@H](N(C)Cc2ncc(C)o2)C1. The van der Waals surface area contributed by atoms with Crippen molar-refractivity contribution in [2.75, 3.05) is 40.4 Å². The number of methoxy groups -OCH3 is 1. The molecule has 2 atom stereocenters. The van der Waals surface area contributed by atoms with E-state index < -0.39 is 6.10 Å². The zero-order chi connectivity index (χ0) is 14.5. The number of hydrogen-bond acceptors (Lipinski definition) is 6. The molecule has 0 aromatic carbocycles. The van der Waals surface area contributed by atoms with Gasteiger partial charge in [-0.2, -0.15) is 0 Å². The molecule has 0 saturated carbocycles. The van der Waals surface area contributed by atoms with Crippen LogP contribution in [0.5, 0.6) is 0 Å². The fourth-order valence-electron chi connectivity index (χ4n) is 2.70. The van der Waals surface area contributed by atoms with Crippen molar-refractivity contribution in [3.05, 3.63) is 17.8 Å². The lowest BCUT2D eigenvalue weighted by molar-refractivity contribution is 0.0412. The Bertz CT molecular complexity index is 410. The molecule has 1 aliphatic rings. The van der Waals surface area contributed by atoms with E-state index in [9.17, 15) is 5.11 Å². The van der Waals surface area contributed by atoms with E-state index in [1.54, 1.807) is 13.3 Å². The summed E-state index contributed by atoms with van der Waals surface area (Å²) in [6, 6.07) is 0.483. The van der Waals surface area contributed by atoms with E-state index in [0.717, 1.165) is 37.7 Å². The van der Waals surface area contributed by atoms with Gasteiger partial charge in [0.2, 0.25) is 5.89 Å². The van der Waals surface area contributed by atoms with Crippen molar-refractivity contribution < 1.29 is 14.3 Å². The number of aliphatic hydroxyl groups is 1. The highest BCUT2D eigenvalue weighted by molar-refractivity contribution is 4.92. The average Bonchev–Trinajstić information content (AvgIpc) is 2.99. The Kier molecular flexibility index (Phi) is 5.54. The Balaban J connectivity index is 1.77. The molecule has 1 aliphatic heterocycles. The third-order valence-corrected chi connectivity index (χ3v) is 3.75. The number of likely N-dealkylation sites (tertiary alicyclic amines) is 1. The minimum atomic E-state index is -0.404. The summed E-state index contributed by atoms with van der Waals surface area (Å²) in [7, 11) is 3.71. The third kappa shape index (κ3) is 4.28. The highest BCUT2D eigenvalue weighted by atomic mass is 16.5. The van der Waals surface area contributed by atoms with Crippen LogP contribution in [0.25, 0.3) is 0 Å². The average molecular weight is 283 g/mol. The molecule has 6 heteroatoms. The molecule has 0 amide bonds. The number of β-amino-alcohol motifs (C(OH)–C–C–N with tert-alkyl or cyclic N) is 1. The Morgan fingerprint density at radius 1 is 1.65 bits per heavy atom. The first-order valence-electron chi connectivity index (χ1n) is 7.09. The number of hydrogen-bond donors (Lipinski definition) is 1. The fraction of sp³-hybridized carbons (Fsp3) is 0.786. The van der Waals surface area contributed by atoms with Gasteiger partial charge in [0, 0.05) is 26.2 Å². The van der Waals surface area contributed by atoms with Crippen molar-refractivity contribution in [2.45, 2.75) is 32.0 Å². The molecule has 0 aliphatic carbocycles. The van der Waals surface area contributed by atoms with E-state index >= 15 is 0 Å². The lowest BCUT2D eigenvalue weighted by Crippen LogP contribution is -2.37. The minimum Gasteiger partial charge on any atom is -0.445 e. The predicted octanol–water partition coefficient (Wildman–Crippen LogP) is 0.496. The highest BCUT2D eigenvalue weighted by Gasteiger charge is 2.27. The van der Waals surface area contributed by atoms with Crippen LogP contribution in [0.15, 0.2) is 10.6 Å². The van der Waals surface area contributed by atoms with Crippen LogP contribution in [-0.4, -0.2) is 72.4 Å². The van der Waals surface area contributed by atoms with Crippen LogP contribution in [0.4, 0.5) is 0 Å². The summed E-state index contributed by atoms with van der Waals surface area (Å²) < 4.78 is 10.5. The standard InChI is InChI=1S/C14H25N3O3/c1-11-6-15-14(20-11)9-16(2)12-4-5-17(7-12)8-13(18)10-19-3/h6,12-13,18H,4-5,7-10H2,1-3H3/t12-,13-/m0/s1. The van der Waals surface area contributed by atoms with Crippen molar-refractivity contribution in [3.8, 4) is 0 Å². The van der Waals surface area contributed by atoms with Crippen LogP contribution in [0, 0.1) is 6.92 Å². The maximum Gasteiger partial charge on any atom is 0.208 e. The normalized spacial score (nSPS) is 21.8. The van der Waals surface area contributed by atoms with Gasteiger partial charge in [-0.15, -0.1) is 0 Å². The summed E-state index contributed by atoms with van der Waals surface area (Å²) in [4.78, 5) is 8.80.